The van der Waals surface area contributed by atoms with Gasteiger partial charge < -0.3 is 10.1 Å². The van der Waals surface area contributed by atoms with Crippen LogP contribution >= 0.6 is 11.6 Å². The van der Waals surface area contributed by atoms with E-state index >= 15 is 0 Å². The summed E-state index contributed by atoms with van der Waals surface area (Å²) in [5.41, 5.74) is 0.0588. The van der Waals surface area contributed by atoms with Gasteiger partial charge in [-0.05, 0) is 62.4 Å². The van der Waals surface area contributed by atoms with Crippen molar-refractivity contribution in [3.63, 3.8) is 0 Å². The Morgan fingerprint density at radius 2 is 1.70 bits per heavy atom. The number of rotatable bonds is 10. The molecule has 8 heteroatoms. The molecule has 182 valence electrons. The maximum absolute atomic E-state index is 12.6. The number of sulfonamides is 1. The molecule has 0 spiro atoms. The highest BCUT2D eigenvalue weighted by molar-refractivity contribution is 7.92. The Hall–Kier alpha value is -2.25. The molecule has 0 atom stereocenters. The van der Waals surface area contributed by atoms with Crippen LogP contribution in [0.3, 0.4) is 0 Å². The Morgan fingerprint density at radius 1 is 1.06 bits per heavy atom. The third-order valence-electron chi connectivity index (χ3n) is 4.78. The highest BCUT2D eigenvalue weighted by Gasteiger charge is 2.27. The molecule has 0 unspecified atom stereocenters. The molecule has 0 aromatic heterocycles. The molecule has 0 heterocycles. The summed E-state index contributed by atoms with van der Waals surface area (Å²) in [7, 11) is -3.64. The maximum atomic E-state index is 12.6. The van der Waals surface area contributed by atoms with Gasteiger partial charge >= 0.3 is 0 Å². The van der Waals surface area contributed by atoms with E-state index in [1.54, 1.807) is 30.3 Å². The van der Waals surface area contributed by atoms with Gasteiger partial charge in [-0.3, -0.25) is 9.10 Å². The van der Waals surface area contributed by atoms with E-state index in [9.17, 15) is 13.2 Å². The highest BCUT2D eigenvalue weighted by atomic mass is 35.5. The molecule has 0 saturated heterocycles. The molecule has 2 aromatic carbocycles. The summed E-state index contributed by atoms with van der Waals surface area (Å²) in [6, 6.07) is 14.0. The normalized spacial score (nSPS) is 12.3. The first-order valence-corrected chi connectivity index (χ1v) is 13.2. The summed E-state index contributed by atoms with van der Waals surface area (Å²) in [6.07, 6.45) is 2.51. The van der Waals surface area contributed by atoms with Crippen LogP contribution in [0, 0.1) is 5.41 Å². The van der Waals surface area contributed by atoms with Gasteiger partial charge in [0, 0.05) is 23.5 Å². The Labute approximate surface area is 203 Å². The lowest BCUT2D eigenvalue weighted by Crippen LogP contribution is -2.46. The van der Waals surface area contributed by atoms with Crippen LogP contribution in [0.5, 0.6) is 11.5 Å². The van der Waals surface area contributed by atoms with E-state index < -0.39 is 10.0 Å². The maximum Gasteiger partial charge on any atom is 0.232 e. The van der Waals surface area contributed by atoms with Crippen LogP contribution in [0.15, 0.2) is 48.5 Å². The summed E-state index contributed by atoms with van der Waals surface area (Å²) in [5.74, 6) is 0.839. The zero-order valence-corrected chi connectivity index (χ0v) is 21.9. The number of carbonyl (C=O) groups is 1. The van der Waals surface area contributed by atoms with Gasteiger partial charge in [0.05, 0.1) is 11.9 Å². The van der Waals surface area contributed by atoms with E-state index in [0.717, 1.165) is 12.7 Å². The third kappa shape index (κ3) is 9.26. The van der Waals surface area contributed by atoms with Gasteiger partial charge in [-0.15, -0.1) is 0 Å². The zero-order chi connectivity index (χ0) is 24.9. The molecule has 0 fully saturated rings. The van der Waals surface area contributed by atoms with E-state index in [1.807, 2.05) is 32.0 Å². The second-order valence-electron chi connectivity index (χ2n) is 10.1. The first-order valence-electron chi connectivity index (χ1n) is 11.0. The van der Waals surface area contributed by atoms with Crippen molar-refractivity contribution in [1.29, 1.82) is 0 Å². The number of anilines is 1. The van der Waals surface area contributed by atoms with Gasteiger partial charge in [-0.1, -0.05) is 50.6 Å². The van der Waals surface area contributed by atoms with Gasteiger partial charge in [-0.2, -0.15) is 0 Å². The molecule has 2 aromatic rings. The Morgan fingerprint density at radius 3 is 2.27 bits per heavy atom. The second-order valence-corrected chi connectivity index (χ2v) is 12.5. The molecule has 1 N–H and O–H groups in total. The number of para-hydroxylation sites is 1. The van der Waals surface area contributed by atoms with Crippen molar-refractivity contribution in [1.82, 2.24) is 5.32 Å². The first-order chi connectivity index (χ1) is 15.2. The number of nitrogens with zero attached hydrogens (tertiary/aromatic N) is 1. The molecule has 0 aliphatic rings. The number of ether oxygens (including phenoxy) is 1. The van der Waals surface area contributed by atoms with Crippen LogP contribution in [-0.4, -0.2) is 32.7 Å². The topological polar surface area (TPSA) is 75.7 Å². The summed E-state index contributed by atoms with van der Waals surface area (Å²) in [5, 5.41) is 3.46. The molecule has 1 amide bonds. The summed E-state index contributed by atoms with van der Waals surface area (Å²) in [4.78, 5) is 12.5. The minimum atomic E-state index is -3.64. The Kier molecular flexibility index (Phi) is 8.82. The largest absolute Gasteiger partial charge is 0.455 e. The van der Waals surface area contributed by atoms with E-state index in [4.69, 9.17) is 16.3 Å². The lowest BCUT2D eigenvalue weighted by molar-refractivity contribution is -0.123. The fraction of sp³-hybridized carbons (Fsp3) is 0.480. The monoisotopic (exact) mass is 494 g/mol. The lowest BCUT2D eigenvalue weighted by Gasteiger charge is -2.33. The Bertz CT molecular complexity index is 1050. The molecule has 0 bridgehead atoms. The predicted octanol–water partition coefficient (Wildman–Crippen LogP) is 6.01. The minimum Gasteiger partial charge on any atom is -0.455 e. The molecule has 0 aliphatic carbocycles. The van der Waals surface area contributed by atoms with Crippen LogP contribution in [0.2, 0.25) is 5.02 Å². The van der Waals surface area contributed by atoms with E-state index in [-0.39, 0.29) is 29.8 Å². The van der Waals surface area contributed by atoms with Crippen LogP contribution in [0.1, 0.15) is 53.9 Å². The molecule has 0 saturated carbocycles. The number of hydrogen-bond acceptors (Lipinski definition) is 4. The summed E-state index contributed by atoms with van der Waals surface area (Å²) in [6.45, 7) is 10.5. The van der Waals surface area contributed by atoms with Crippen LogP contribution in [0.25, 0.3) is 0 Å². The van der Waals surface area contributed by atoms with Crippen molar-refractivity contribution in [2.75, 3.05) is 17.1 Å². The fourth-order valence-electron chi connectivity index (χ4n) is 4.05. The SMILES string of the molecule is CC(C)(C)CC(C)(C)NC(=O)CCCN(c1cc(Cl)ccc1Oc1ccccc1)S(C)(=O)=O. The average molecular weight is 495 g/mol. The van der Waals surface area contributed by atoms with Gasteiger partial charge in [0.15, 0.2) is 5.75 Å². The fourth-order valence-corrected chi connectivity index (χ4v) is 5.17. The van der Waals surface area contributed by atoms with E-state index in [2.05, 4.69) is 26.1 Å². The van der Waals surface area contributed by atoms with Gasteiger partial charge in [0.25, 0.3) is 0 Å². The molecular weight excluding hydrogens is 460 g/mol. The first kappa shape index (κ1) is 27.0. The zero-order valence-electron chi connectivity index (χ0n) is 20.3. The molecule has 0 radical (unpaired) electrons. The number of halogens is 1. The van der Waals surface area contributed by atoms with Crippen molar-refractivity contribution in [2.45, 2.75) is 59.4 Å². The number of nitrogens with one attached hydrogen (secondary N) is 1. The smallest absolute Gasteiger partial charge is 0.232 e. The van der Waals surface area contributed by atoms with Crippen LogP contribution < -0.4 is 14.4 Å². The number of amides is 1. The number of benzene rings is 2. The summed E-state index contributed by atoms with van der Waals surface area (Å²) >= 11 is 6.18. The van der Waals surface area contributed by atoms with Gasteiger partial charge in [0.2, 0.25) is 15.9 Å². The van der Waals surface area contributed by atoms with Crippen LogP contribution in [-0.2, 0) is 14.8 Å². The quantitative estimate of drug-likeness (QED) is 0.438. The van der Waals surface area contributed by atoms with Crippen molar-refractivity contribution >= 4 is 33.2 Å². The average Bonchev–Trinajstić information content (AvgIpc) is 2.64. The second kappa shape index (κ2) is 10.8. The van der Waals surface area contributed by atoms with Crippen molar-refractivity contribution < 1.29 is 17.9 Å². The minimum absolute atomic E-state index is 0.0750. The van der Waals surface area contributed by atoms with Gasteiger partial charge in [0.1, 0.15) is 5.75 Å². The molecule has 6 nitrogen and oxygen atoms in total. The summed E-state index contributed by atoms with van der Waals surface area (Å²) < 4.78 is 32.4. The van der Waals surface area contributed by atoms with E-state index in [0.29, 0.717) is 28.6 Å². The molecule has 0 aliphatic heterocycles. The van der Waals surface area contributed by atoms with Crippen molar-refractivity contribution in [2.24, 2.45) is 5.41 Å². The number of carbonyl (C=O) groups excluding carboxylic acids is 1. The van der Waals surface area contributed by atoms with Crippen molar-refractivity contribution in [3.05, 3.63) is 53.6 Å². The molecule has 33 heavy (non-hydrogen) atoms. The van der Waals surface area contributed by atoms with Crippen molar-refractivity contribution in [3.8, 4) is 11.5 Å². The highest BCUT2D eigenvalue weighted by Crippen LogP contribution is 2.36. The van der Waals surface area contributed by atoms with Crippen LogP contribution in [0.4, 0.5) is 5.69 Å². The van der Waals surface area contributed by atoms with Gasteiger partial charge in [-0.25, -0.2) is 8.42 Å². The molecule has 2 rings (SSSR count). The lowest BCUT2D eigenvalue weighted by atomic mass is 9.82. The third-order valence-corrected chi connectivity index (χ3v) is 6.19. The standard InChI is InChI=1S/C25H35ClN2O4S/c1-24(2,3)18-25(4,5)27-23(29)13-10-16-28(33(6,30)31)21-17-19(26)14-15-22(21)32-20-11-8-7-9-12-20/h7-9,11-12,14-15,17H,10,13,16,18H2,1-6H3,(H,27,29). The number of hydrogen-bond donors (Lipinski definition) is 1. The molecular formula is C25H35ClN2O4S. The predicted molar refractivity (Wildman–Crippen MR) is 136 cm³/mol. The Balaban J connectivity index is 2.15. The van der Waals surface area contributed by atoms with E-state index in [1.165, 1.54) is 4.31 Å².